The lowest BCUT2D eigenvalue weighted by molar-refractivity contribution is -0.118. The molecule has 1 fully saturated rings. The van der Waals surface area contributed by atoms with E-state index in [0.717, 1.165) is 16.9 Å². The fourth-order valence-electron chi connectivity index (χ4n) is 4.25. The Balaban J connectivity index is 1.15. The topological polar surface area (TPSA) is 88.3 Å². The van der Waals surface area contributed by atoms with Crippen LogP contribution in [-0.4, -0.2) is 41.7 Å². The number of fused-ring (bicyclic) bond motifs is 1. The first-order chi connectivity index (χ1) is 17.6. The molecule has 1 amide bonds. The quantitative estimate of drug-likeness (QED) is 0.310. The number of hydrogen-bond acceptors (Lipinski definition) is 5. The fourth-order valence-corrected chi connectivity index (χ4v) is 4.44. The van der Waals surface area contributed by atoms with Gasteiger partial charge in [-0.2, -0.15) is 0 Å². The Morgan fingerprint density at radius 2 is 1.97 bits per heavy atom. The molecular formula is C27H26ClFN4O3. The van der Waals surface area contributed by atoms with Gasteiger partial charge in [-0.1, -0.05) is 41.9 Å². The molecule has 7 nitrogen and oxygen atoms in total. The van der Waals surface area contributed by atoms with Crippen molar-refractivity contribution in [1.29, 1.82) is 0 Å². The highest BCUT2D eigenvalue weighted by Gasteiger charge is 2.25. The van der Waals surface area contributed by atoms with Gasteiger partial charge in [-0.3, -0.25) is 4.79 Å². The van der Waals surface area contributed by atoms with Crippen molar-refractivity contribution < 1.29 is 18.7 Å². The van der Waals surface area contributed by atoms with Crippen LogP contribution >= 0.6 is 11.6 Å². The lowest BCUT2D eigenvalue weighted by atomic mass is 10.0. The predicted molar refractivity (Wildman–Crippen MR) is 137 cm³/mol. The van der Waals surface area contributed by atoms with Crippen LogP contribution in [-0.2, 0) is 16.0 Å². The van der Waals surface area contributed by atoms with Crippen LogP contribution in [0.15, 0.2) is 66.7 Å². The lowest BCUT2D eigenvalue weighted by Gasteiger charge is -2.29. The molecule has 0 aliphatic carbocycles. The molecule has 3 aromatic carbocycles. The minimum atomic E-state index is -0.397. The summed E-state index contributed by atoms with van der Waals surface area (Å²) in [7, 11) is 0. The van der Waals surface area contributed by atoms with Crippen LogP contribution in [0.25, 0.3) is 11.0 Å². The van der Waals surface area contributed by atoms with Crippen LogP contribution in [0, 0.1) is 5.82 Å². The minimum absolute atomic E-state index is 0.0323. The summed E-state index contributed by atoms with van der Waals surface area (Å²) in [5, 5.41) is 6.64. The maximum absolute atomic E-state index is 14.7. The SMILES string of the molecule is O=C(COc1ccccc1Cl)Nc1cccc(F)c1CC[C@@H]1CN[C@H](c2nc3ccccc3[nH]2)CO1. The average molecular weight is 509 g/mol. The Morgan fingerprint density at radius 1 is 1.14 bits per heavy atom. The summed E-state index contributed by atoms with van der Waals surface area (Å²) in [6.07, 6.45) is 0.923. The first kappa shape index (κ1) is 24.2. The molecule has 186 valence electrons. The molecule has 9 heteroatoms. The maximum atomic E-state index is 14.7. The van der Waals surface area contributed by atoms with E-state index in [-0.39, 0.29) is 24.6 Å². The van der Waals surface area contributed by atoms with Crippen molar-refractivity contribution in [3.8, 4) is 5.75 Å². The fraction of sp³-hybridized carbons (Fsp3) is 0.259. The number of morpholine rings is 1. The summed E-state index contributed by atoms with van der Waals surface area (Å²) in [5.41, 5.74) is 2.77. The number of ether oxygens (including phenoxy) is 2. The molecule has 2 heterocycles. The molecule has 0 unspecified atom stereocenters. The van der Waals surface area contributed by atoms with Gasteiger partial charge in [-0.15, -0.1) is 0 Å². The van der Waals surface area contributed by atoms with Gasteiger partial charge in [0.2, 0.25) is 0 Å². The largest absolute Gasteiger partial charge is 0.482 e. The molecule has 1 saturated heterocycles. The van der Waals surface area contributed by atoms with Crippen LogP contribution < -0.4 is 15.4 Å². The molecule has 4 aromatic rings. The molecule has 1 aliphatic heterocycles. The molecule has 1 aromatic heterocycles. The zero-order valence-electron chi connectivity index (χ0n) is 19.5. The molecule has 0 bridgehead atoms. The Morgan fingerprint density at radius 3 is 2.78 bits per heavy atom. The Bertz CT molecular complexity index is 1320. The van der Waals surface area contributed by atoms with Crippen LogP contribution in [0.2, 0.25) is 5.02 Å². The second-order valence-electron chi connectivity index (χ2n) is 8.63. The first-order valence-corrected chi connectivity index (χ1v) is 12.2. The minimum Gasteiger partial charge on any atom is -0.482 e. The third-order valence-corrected chi connectivity index (χ3v) is 6.45. The normalized spacial score (nSPS) is 17.7. The summed E-state index contributed by atoms with van der Waals surface area (Å²) < 4.78 is 26.2. The Hall–Kier alpha value is -3.46. The number of carbonyl (C=O) groups is 1. The maximum Gasteiger partial charge on any atom is 0.262 e. The zero-order valence-corrected chi connectivity index (χ0v) is 20.2. The van der Waals surface area contributed by atoms with Crippen molar-refractivity contribution in [1.82, 2.24) is 15.3 Å². The third-order valence-electron chi connectivity index (χ3n) is 6.13. The molecule has 1 aliphatic rings. The van der Waals surface area contributed by atoms with Gasteiger partial charge in [0.25, 0.3) is 5.91 Å². The molecular weight excluding hydrogens is 483 g/mol. The van der Waals surface area contributed by atoms with Gasteiger partial charge >= 0.3 is 0 Å². The average Bonchev–Trinajstić information content (AvgIpc) is 3.33. The molecule has 5 rings (SSSR count). The highest BCUT2D eigenvalue weighted by Crippen LogP contribution is 2.25. The van der Waals surface area contributed by atoms with Gasteiger partial charge in [-0.05, 0) is 49.2 Å². The predicted octanol–water partition coefficient (Wildman–Crippen LogP) is 5.04. The number of nitrogens with zero attached hydrogens (tertiary/aromatic N) is 1. The molecule has 36 heavy (non-hydrogen) atoms. The Kier molecular flexibility index (Phi) is 7.46. The second kappa shape index (κ2) is 11.1. The van der Waals surface area contributed by atoms with Gasteiger partial charge in [0.15, 0.2) is 6.61 Å². The van der Waals surface area contributed by atoms with E-state index in [0.29, 0.717) is 48.0 Å². The van der Waals surface area contributed by atoms with Crippen LogP contribution in [0.3, 0.4) is 0 Å². The first-order valence-electron chi connectivity index (χ1n) is 11.8. The van der Waals surface area contributed by atoms with E-state index >= 15 is 0 Å². The molecule has 3 N–H and O–H groups in total. The number of H-pyrrole nitrogens is 1. The molecule has 0 saturated carbocycles. The van der Waals surface area contributed by atoms with Crippen molar-refractivity contribution in [3.63, 3.8) is 0 Å². The summed E-state index contributed by atoms with van der Waals surface area (Å²) in [6, 6.07) is 19.4. The van der Waals surface area contributed by atoms with Crippen LogP contribution in [0.1, 0.15) is 23.9 Å². The number of rotatable bonds is 8. The number of amides is 1. The summed E-state index contributed by atoms with van der Waals surface area (Å²) in [5.74, 6) is 0.485. The van der Waals surface area contributed by atoms with E-state index in [9.17, 15) is 9.18 Å². The van der Waals surface area contributed by atoms with Gasteiger partial charge in [-0.25, -0.2) is 9.37 Å². The number of para-hydroxylation sites is 3. The number of imidazole rings is 1. The highest BCUT2D eigenvalue weighted by molar-refractivity contribution is 6.32. The van der Waals surface area contributed by atoms with Crippen molar-refractivity contribution >= 4 is 34.2 Å². The molecule has 2 atom stereocenters. The Labute approximate surface area is 213 Å². The smallest absolute Gasteiger partial charge is 0.262 e. The molecule has 0 radical (unpaired) electrons. The van der Waals surface area contributed by atoms with Crippen LogP contribution in [0.4, 0.5) is 10.1 Å². The summed E-state index contributed by atoms with van der Waals surface area (Å²) in [6.45, 7) is 0.840. The van der Waals surface area contributed by atoms with E-state index in [2.05, 4.69) is 20.6 Å². The lowest BCUT2D eigenvalue weighted by Crippen LogP contribution is -2.41. The molecule has 0 spiro atoms. The van der Waals surface area contributed by atoms with Gasteiger partial charge in [0.05, 0.1) is 34.8 Å². The van der Waals surface area contributed by atoms with E-state index in [4.69, 9.17) is 21.1 Å². The number of aromatic amines is 1. The van der Waals surface area contributed by atoms with E-state index in [1.165, 1.54) is 6.07 Å². The third kappa shape index (κ3) is 5.67. The van der Waals surface area contributed by atoms with E-state index < -0.39 is 5.91 Å². The number of halogens is 2. The number of hydrogen-bond donors (Lipinski definition) is 3. The summed E-state index contributed by atoms with van der Waals surface area (Å²) >= 11 is 6.06. The van der Waals surface area contributed by atoms with Crippen molar-refractivity contribution in [2.24, 2.45) is 0 Å². The summed E-state index contributed by atoms with van der Waals surface area (Å²) in [4.78, 5) is 20.4. The van der Waals surface area contributed by atoms with Crippen LogP contribution in [0.5, 0.6) is 5.75 Å². The number of benzene rings is 3. The van der Waals surface area contributed by atoms with Gasteiger partial charge in [0.1, 0.15) is 17.4 Å². The van der Waals surface area contributed by atoms with E-state index in [1.807, 2.05) is 24.3 Å². The monoisotopic (exact) mass is 508 g/mol. The standard InChI is InChI=1S/C27H26ClFN4O3/c28-19-6-1-4-11-25(19)36-16-26(34)31-21-10-5-7-20(29)18(21)13-12-17-14-30-24(15-35-17)27-32-22-8-2-3-9-23(22)33-27/h1-11,17,24,30H,12-16H2,(H,31,34)(H,32,33)/t17-,24+/m1/s1. The van der Waals surface area contributed by atoms with Crippen molar-refractivity contribution in [3.05, 3.63) is 89.0 Å². The van der Waals surface area contributed by atoms with Gasteiger partial charge < -0.3 is 25.1 Å². The number of aromatic nitrogens is 2. The zero-order chi connectivity index (χ0) is 24.9. The van der Waals surface area contributed by atoms with E-state index in [1.54, 1.807) is 36.4 Å². The van der Waals surface area contributed by atoms with Gasteiger partial charge in [0, 0.05) is 17.8 Å². The number of carbonyl (C=O) groups excluding carboxylic acids is 1. The second-order valence-corrected chi connectivity index (χ2v) is 9.03. The van der Waals surface area contributed by atoms with Crippen molar-refractivity contribution in [2.75, 3.05) is 25.1 Å². The van der Waals surface area contributed by atoms with Crippen molar-refractivity contribution in [2.45, 2.75) is 25.0 Å². The highest BCUT2D eigenvalue weighted by atomic mass is 35.5. The number of nitrogens with one attached hydrogen (secondary N) is 3. The number of anilines is 1.